The highest BCUT2D eigenvalue weighted by molar-refractivity contribution is 5.85. The normalized spacial score (nSPS) is 14.3. The second-order valence-corrected chi connectivity index (χ2v) is 15.5. The number of carbonyl (C=O) groups excluding carboxylic acids is 2. The Balaban J connectivity index is 4.02. The van der Waals surface area contributed by atoms with Crippen LogP contribution in [0.1, 0.15) is 233 Å². The number of likely N-dealkylation sites (N-methyl/N-ethyl adjacent to an activating group) is 1. The van der Waals surface area contributed by atoms with E-state index >= 15 is 0 Å². The van der Waals surface area contributed by atoms with Crippen molar-refractivity contribution in [2.24, 2.45) is 0 Å². The van der Waals surface area contributed by atoms with Gasteiger partial charge in [-0.3, -0.25) is 9.59 Å². The number of aliphatic hydroxyl groups is 1. The Labute approximate surface area is 295 Å². The third kappa shape index (κ3) is 25.8. The summed E-state index contributed by atoms with van der Waals surface area (Å²) >= 11 is 0. The largest absolute Gasteiger partial charge is 0.391 e. The molecule has 0 aliphatic heterocycles. The highest BCUT2D eigenvalue weighted by Gasteiger charge is 2.41. The Morgan fingerprint density at radius 3 is 0.851 bits per heavy atom. The van der Waals surface area contributed by atoms with Crippen LogP contribution in [0.25, 0.3) is 0 Å². The summed E-state index contributed by atoms with van der Waals surface area (Å²) in [5.41, 5.74) is 0. The Kier molecular flexibility index (Phi) is 33.2. The number of carbonyl (C=O) groups is 2. The first-order chi connectivity index (χ1) is 22.8. The van der Waals surface area contributed by atoms with Crippen LogP contribution in [0.5, 0.6) is 0 Å². The highest BCUT2D eigenvalue weighted by Crippen LogP contribution is 2.23. The van der Waals surface area contributed by atoms with Gasteiger partial charge in [0.05, 0.1) is 13.7 Å². The molecule has 47 heavy (non-hydrogen) atoms. The van der Waals surface area contributed by atoms with E-state index in [1.54, 1.807) is 0 Å². The minimum atomic E-state index is -0.256. The van der Waals surface area contributed by atoms with Crippen LogP contribution in [0.15, 0.2) is 0 Å². The maximum Gasteiger partial charge on any atom is 0.189 e. The SMILES string of the molecule is CCCCCCCCCCCCCCCCCC(=O)C(C)[N+](C)(CCO)C(C)C(=O)CCCCCCCCCCCCCCCCC. The molecule has 4 heteroatoms. The maximum atomic E-state index is 13.2. The molecule has 0 aliphatic rings. The van der Waals surface area contributed by atoms with Crippen molar-refractivity contribution < 1.29 is 19.2 Å². The van der Waals surface area contributed by atoms with Gasteiger partial charge in [0.25, 0.3) is 0 Å². The van der Waals surface area contributed by atoms with E-state index < -0.39 is 0 Å². The molecule has 0 aromatic heterocycles. The molecule has 0 bridgehead atoms. The summed E-state index contributed by atoms with van der Waals surface area (Å²) in [4.78, 5) is 26.4. The van der Waals surface area contributed by atoms with Gasteiger partial charge in [0.15, 0.2) is 11.6 Å². The van der Waals surface area contributed by atoms with Gasteiger partial charge in [-0.25, -0.2) is 0 Å². The number of unbranched alkanes of at least 4 members (excludes halogenated alkanes) is 28. The number of nitrogens with zero attached hydrogens (tertiary/aromatic N) is 1. The molecule has 0 rings (SSSR count). The van der Waals surface area contributed by atoms with Crippen LogP contribution in [-0.4, -0.2) is 53.4 Å². The van der Waals surface area contributed by atoms with Crippen molar-refractivity contribution in [2.45, 2.75) is 245 Å². The summed E-state index contributed by atoms with van der Waals surface area (Å²) < 4.78 is 0.339. The first-order valence-electron chi connectivity index (χ1n) is 21.4. The molecule has 2 atom stereocenters. The Morgan fingerprint density at radius 1 is 0.426 bits per heavy atom. The summed E-state index contributed by atoms with van der Waals surface area (Å²) in [6, 6.07) is -0.511. The summed E-state index contributed by atoms with van der Waals surface area (Å²) in [6.07, 6.45) is 40.9. The lowest BCUT2D eigenvalue weighted by molar-refractivity contribution is -0.935. The van der Waals surface area contributed by atoms with Crippen LogP contribution in [0.2, 0.25) is 0 Å². The minimum Gasteiger partial charge on any atom is -0.391 e. The van der Waals surface area contributed by atoms with Crippen molar-refractivity contribution in [1.29, 1.82) is 0 Å². The molecule has 0 aliphatic carbocycles. The number of Topliss-reactive ketones (excluding diaryl/α,β-unsaturated/α-hetero) is 2. The van der Waals surface area contributed by atoms with Crippen molar-refractivity contribution >= 4 is 11.6 Å². The van der Waals surface area contributed by atoms with Crippen molar-refractivity contribution in [2.75, 3.05) is 20.2 Å². The van der Waals surface area contributed by atoms with Gasteiger partial charge in [0.2, 0.25) is 0 Å². The second kappa shape index (κ2) is 33.7. The van der Waals surface area contributed by atoms with Crippen molar-refractivity contribution in [3.8, 4) is 0 Å². The van der Waals surface area contributed by atoms with E-state index in [0.29, 0.717) is 23.9 Å². The molecule has 280 valence electrons. The summed E-state index contributed by atoms with van der Waals surface area (Å²) in [6.45, 7) is 8.99. The molecule has 0 saturated carbocycles. The average Bonchev–Trinajstić information content (AvgIpc) is 3.07. The van der Waals surface area contributed by atoms with Crippen molar-refractivity contribution in [1.82, 2.24) is 0 Å². The smallest absolute Gasteiger partial charge is 0.189 e. The van der Waals surface area contributed by atoms with Gasteiger partial charge in [-0.15, -0.1) is 0 Å². The summed E-state index contributed by atoms with van der Waals surface area (Å²) in [5, 5.41) is 9.86. The van der Waals surface area contributed by atoms with E-state index in [1.165, 1.54) is 167 Å². The zero-order valence-electron chi connectivity index (χ0n) is 32.9. The molecule has 0 aromatic carbocycles. The highest BCUT2D eigenvalue weighted by atomic mass is 16.3. The van der Waals surface area contributed by atoms with E-state index in [-0.39, 0.29) is 30.3 Å². The van der Waals surface area contributed by atoms with Gasteiger partial charge >= 0.3 is 0 Å². The van der Waals surface area contributed by atoms with Gasteiger partial charge in [-0.05, 0) is 26.7 Å². The number of aliphatic hydroxyl groups excluding tert-OH is 1. The Morgan fingerprint density at radius 2 is 0.638 bits per heavy atom. The van der Waals surface area contributed by atoms with Gasteiger partial charge in [0.1, 0.15) is 18.6 Å². The first kappa shape index (κ1) is 46.3. The molecule has 0 saturated heterocycles. The first-order valence-corrected chi connectivity index (χ1v) is 21.4. The average molecular weight is 665 g/mol. The predicted molar refractivity (Wildman–Crippen MR) is 206 cm³/mol. The molecule has 4 nitrogen and oxygen atoms in total. The summed E-state index contributed by atoms with van der Waals surface area (Å²) in [5.74, 6) is 0.504. The predicted octanol–water partition coefficient (Wildman–Crippen LogP) is 12.9. The van der Waals surface area contributed by atoms with Gasteiger partial charge in [0, 0.05) is 12.8 Å². The van der Waals surface area contributed by atoms with Gasteiger partial charge in [-0.1, -0.05) is 194 Å². The molecule has 2 unspecified atom stereocenters. The third-order valence-electron chi connectivity index (χ3n) is 11.3. The molecular weight excluding hydrogens is 578 g/mol. The lowest BCUT2D eigenvalue weighted by Crippen LogP contribution is -2.62. The number of hydrogen-bond acceptors (Lipinski definition) is 3. The number of quaternary nitrogens is 1. The fraction of sp³-hybridized carbons (Fsp3) is 0.953. The third-order valence-corrected chi connectivity index (χ3v) is 11.3. The number of ketones is 2. The fourth-order valence-electron chi connectivity index (χ4n) is 7.35. The minimum absolute atomic E-state index is 0.00363. The van der Waals surface area contributed by atoms with E-state index in [1.807, 2.05) is 20.9 Å². The molecule has 1 N–H and O–H groups in total. The standard InChI is InChI=1S/C43H86NO3/c1-6-8-10-12-14-16-18-20-22-24-26-28-30-32-34-36-42(46)40(3)44(5,38-39-45)41(4)43(47)37-35-33-31-29-27-25-23-21-19-17-15-13-11-9-7-2/h40-41,45H,6-39H2,1-5H3/q+1. The summed E-state index contributed by atoms with van der Waals surface area (Å²) in [7, 11) is 2.01. The van der Waals surface area contributed by atoms with Crippen molar-refractivity contribution in [3.63, 3.8) is 0 Å². The van der Waals surface area contributed by atoms with Crippen LogP contribution >= 0.6 is 0 Å². The van der Waals surface area contributed by atoms with E-state index in [0.717, 1.165) is 25.7 Å². The quantitative estimate of drug-likeness (QED) is 0.0528. The molecule has 0 aromatic rings. The van der Waals surface area contributed by atoms with E-state index in [2.05, 4.69) is 13.8 Å². The van der Waals surface area contributed by atoms with Crippen molar-refractivity contribution in [3.05, 3.63) is 0 Å². The van der Waals surface area contributed by atoms with E-state index in [9.17, 15) is 14.7 Å². The molecule has 0 heterocycles. The number of rotatable bonds is 38. The lowest BCUT2D eigenvalue weighted by atomic mass is 9.97. The van der Waals surface area contributed by atoms with Gasteiger partial charge in [-0.2, -0.15) is 0 Å². The second-order valence-electron chi connectivity index (χ2n) is 15.5. The van der Waals surface area contributed by atoms with Crippen LogP contribution in [-0.2, 0) is 9.59 Å². The zero-order chi connectivity index (χ0) is 34.9. The maximum absolute atomic E-state index is 13.2. The van der Waals surface area contributed by atoms with Crippen LogP contribution in [0.3, 0.4) is 0 Å². The van der Waals surface area contributed by atoms with Gasteiger partial charge < -0.3 is 9.59 Å². The Bertz CT molecular complexity index is 641. The molecule has 0 fully saturated rings. The zero-order valence-corrected chi connectivity index (χ0v) is 32.9. The topological polar surface area (TPSA) is 54.4 Å². The number of hydrogen-bond donors (Lipinski definition) is 1. The Hall–Kier alpha value is -0.740. The monoisotopic (exact) mass is 665 g/mol. The van der Waals surface area contributed by atoms with Crippen LogP contribution < -0.4 is 0 Å². The lowest BCUT2D eigenvalue weighted by Gasteiger charge is -2.43. The molecule has 0 radical (unpaired) electrons. The molecular formula is C43H86NO3+. The van der Waals surface area contributed by atoms with E-state index in [4.69, 9.17) is 0 Å². The van der Waals surface area contributed by atoms with Crippen LogP contribution in [0, 0.1) is 0 Å². The molecule has 0 spiro atoms. The van der Waals surface area contributed by atoms with Crippen LogP contribution in [0.4, 0.5) is 0 Å². The molecule has 0 amide bonds. The fourth-order valence-corrected chi connectivity index (χ4v) is 7.35.